The Kier molecular flexibility index (Phi) is 6.04. The van der Waals surface area contributed by atoms with Crippen molar-refractivity contribution in [2.24, 2.45) is 4.99 Å². The van der Waals surface area contributed by atoms with Gasteiger partial charge >= 0.3 is 0 Å². The van der Waals surface area contributed by atoms with Gasteiger partial charge in [0.25, 0.3) is 5.91 Å². The number of rotatable bonds is 4. The first-order valence-electron chi connectivity index (χ1n) is 8.77. The average Bonchev–Trinajstić information content (AvgIpc) is 3.07. The van der Waals surface area contributed by atoms with E-state index in [-0.39, 0.29) is 5.91 Å². The highest BCUT2D eigenvalue weighted by Gasteiger charge is 2.32. The minimum absolute atomic E-state index is 0.00837. The quantitative estimate of drug-likeness (QED) is 0.592. The van der Waals surface area contributed by atoms with E-state index in [2.05, 4.69) is 15.6 Å². The van der Waals surface area contributed by atoms with Crippen LogP contribution in [0.1, 0.15) is 30.8 Å². The summed E-state index contributed by atoms with van der Waals surface area (Å²) >= 11 is 13.7. The molecular formula is C20H21Cl2N3OS. The molecule has 0 saturated carbocycles. The van der Waals surface area contributed by atoms with E-state index in [0.717, 1.165) is 27.8 Å². The van der Waals surface area contributed by atoms with Gasteiger partial charge in [-0.1, -0.05) is 23.2 Å². The number of halogens is 2. The summed E-state index contributed by atoms with van der Waals surface area (Å²) in [5.41, 5.74) is 4.04. The van der Waals surface area contributed by atoms with E-state index >= 15 is 0 Å². The van der Waals surface area contributed by atoms with Crippen LogP contribution in [0.2, 0.25) is 10.0 Å². The number of likely N-dealkylation sites (N-methyl/N-ethyl adjacent to an activating group) is 1. The SMILES string of the molecule is CCN=C1S/C(=C\c2cc(C)n(-c3ccc(Cl)c(Cl)c3)c2C)C(=O)N1CC. The van der Waals surface area contributed by atoms with Gasteiger partial charge in [-0.2, -0.15) is 0 Å². The van der Waals surface area contributed by atoms with Crippen molar-refractivity contribution in [1.29, 1.82) is 0 Å². The number of benzene rings is 1. The Morgan fingerprint density at radius 1 is 1.15 bits per heavy atom. The van der Waals surface area contributed by atoms with E-state index in [4.69, 9.17) is 23.2 Å². The Morgan fingerprint density at radius 3 is 2.52 bits per heavy atom. The molecule has 1 saturated heterocycles. The number of aryl methyl sites for hydroxylation is 1. The highest BCUT2D eigenvalue weighted by atomic mass is 35.5. The Balaban J connectivity index is 2.02. The van der Waals surface area contributed by atoms with Crippen molar-refractivity contribution in [3.63, 3.8) is 0 Å². The summed E-state index contributed by atoms with van der Waals surface area (Å²) in [6.45, 7) is 9.27. The van der Waals surface area contributed by atoms with Gasteiger partial charge in [-0.25, -0.2) is 0 Å². The maximum atomic E-state index is 12.7. The number of thioether (sulfide) groups is 1. The molecule has 0 unspecified atom stereocenters. The largest absolute Gasteiger partial charge is 0.318 e. The monoisotopic (exact) mass is 421 g/mol. The molecule has 4 nitrogen and oxygen atoms in total. The molecule has 0 bridgehead atoms. The molecule has 0 radical (unpaired) electrons. The lowest BCUT2D eigenvalue weighted by atomic mass is 10.2. The van der Waals surface area contributed by atoms with Gasteiger partial charge in [0.1, 0.15) is 0 Å². The molecule has 0 aliphatic carbocycles. The summed E-state index contributed by atoms with van der Waals surface area (Å²) in [4.78, 5) is 19.6. The molecule has 142 valence electrons. The second-order valence-electron chi connectivity index (χ2n) is 6.18. The van der Waals surface area contributed by atoms with Crippen molar-refractivity contribution in [2.45, 2.75) is 27.7 Å². The predicted octanol–water partition coefficient (Wildman–Crippen LogP) is 5.71. The fourth-order valence-corrected chi connectivity index (χ4v) is 4.52. The van der Waals surface area contributed by atoms with Crippen LogP contribution in [0.15, 0.2) is 34.2 Å². The number of aliphatic imine (C=N–C) groups is 1. The van der Waals surface area contributed by atoms with Crippen molar-refractivity contribution < 1.29 is 4.79 Å². The van der Waals surface area contributed by atoms with Crippen LogP contribution >= 0.6 is 35.0 Å². The first kappa shape index (κ1) is 20.1. The predicted molar refractivity (Wildman–Crippen MR) is 116 cm³/mol. The Labute approximate surface area is 173 Å². The molecular weight excluding hydrogens is 401 g/mol. The zero-order chi connectivity index (χ0) is 19.7. The van der Waals surface area contributed by atoms with Crippen LogP contribution in [-0.4, -0.2) is 33.6 Å². The smallest absolute Gasteiger partial charge is 0.266 e. The Morgan fingerprint density at radius 2 is 1.89 bits per heavy atom. The molecule has 3 rings (SSSR count). The fraction of sp³-hybridized carbons (Fsp3) is 0.300. The minimum atomic E-state index is 0.00837. The molecule has 7 heteroatoms. The van der Waals surface area contributed by atoms with Gasteiger partial charge in [0, 0.05) is 30.2 Å². The molecule has 1 amide bonds. The van der Waals surface area contributed by atoms with Crippen LogP contribution in [0.4, 0.5) is 0 Å². The van der Waals surface area contributed by atoms with Crippen molar-refractivity contribution in [1.82, 2.24) is 9.47 Å². The first-order valence-corrected chi connectivity index (χ1v) is 10.3. The van der Waals surface area contributed by atoms with Crippen molar-refractivity contribution in [2.75, 3.05) is 13.1 Å². The van der Waals surface area contributed by atoms with Gasteiger partial charge in [-0.05, 0) is 75.4 Å². The maximum absolute atomic E-state index is 12.7. The number of amidine groups is 1. The number of nitrogens with zero attached hydrogens (tertiary/aromatic N) is 3. The summed E-state index contributed by atoms with van der Waals surface area (Å²) in [6.07, 6.45) is 1.95. The van der Waals surface area contributed by atoms with Gasteiger partial charge in [0.05, 0.1) is 15.0 Å². The zero-order valence-electron chi connectivity index (χ0n) is 15.7. The highest BCUT2D eigenvalue weighted by molar-refractivity contribution is 8.18. The summed E-state index contributed by atoms with van der Waals surface area (Å²) in [7, 11) is 0. The number of hydrogen-bond acceptors (Lipinski definition) is 3. The van der Waals surface area contributed by atoms with E-state index in [1.165, 1.54) is 11.8 Å². The van der Waals surface area contributed by atoms with E-state index in [9.17, 15) is 4.79 Å². The van der Waals surface area contributed by atoms with Gasteiger partial charge in [0.15, 0.2) is 5.17 Å². The molecule has 1 aliphatic heterocycles. The summed E-state index contributed by atoms with van der Waals surface area (Å²) in [5.74, 6) is 0.00837. The molecule has 0 spiro atoms. The van der Waals surface area contributed by atoms with Gasteiger partial charge in [0.2, 0.25) is 0 Å². The lowest BCUT2D eigenvalue weighted by molar-refractivity contribution is -0.122. The molecule has 2 aromatic rings. The summed E-state index contributed by atoms with van der Waals surface area (Å²) in [6, 6.07) is 7.65. The van der Waals surface area contributed by atoms with Gasteiger partial charge < -0.3 is 4.57 Å². The fourth-order valence-electron chi connectivity index (χ4n) is 3.14. The second-order valence-corrected chi connectivity index (χ2v) is 8.00. The van der Waals surface area contributed by atoms with Crippen molar-refractivity contribution >= 4 is 52.1 Å². The first-order chi connectivity index (χ1) is 12.9. The average molecular weight is 422 g/mol. The van der Waals surface area contributed by atoms with Crippen LogP contribution in [0.3, 0.4) is 0 Å². The van der Waals surface area contributed by atoms with Crippen molar-refractivity contribution in [3.8, 4) is 5.69 Å². The van der Waals surface area contributed by atoms with Gasteiger partial charge in [-0.15, -0.1) is 0 Å². The van der Waals surface area contributed by atoms with E-state index in [1.54, 1.807) is 11.0 Å². The Hall–Kier alpha value is -1.69. The van der Waals surface area contributed by atoms with E-state index in [0.29, 0.717) is 28.0 Å². The molecule has 1 fully saturated rings. The number of aromatic nitrogens is 1. The standard InChI is InChI=1S/C20H21Cl2N3OS/c1-5-23-20-24(6-2)19(26)18(27-20)10-14-9-12(3)25(13(14)4)15-7-8-16(21)17(22)11-15/h7-11H,5-6H2,1-4H3/b18-10-,23-20?. The third-order valence-electron chi connectivity index (χ3n) is 4.42. The highest BCUT2D eigenvalue weighted by Crippen LogP contribution is 2.34. The molecule has 0 atom stereocenters. The van der Waals surface area contributed by atoms with E-state index in [1.807, 2.05) is 45.9 Å². The van der Waals surface area contributed by atoms with Crippen LogP contribution < -0.4 is 0 Å². The van der Waals surface area contributed by atoms with E-state index < -0.39 is 0 Å². The van der Waals surface area contributed by atoms with Gasteiger partial charge in [-0.3, -0.25) is 14.7 Å². The molecule has 2 heterocycles. The number of carbonyl (C=O) groups is 1. The normalized spacial score (nSPS) is 17.6. The molecule has 1 aromatic heterocycles. The van der Waals surface area contributed by atoms with Crippen LogP contribution in [0, 0.1) is 13.8 Å². The lowest BCUT2D eigenvalue weighted by Gasteiger charge is -2.11. The molecule has 1 aliphatic rings. The van der Waals surface area contributed by atoms with Crippen molar-refractivity contribution in [3.05, 3.63) is 56.2 Å². The molecule has 27 heavy (non-hydrogen) atoms. The molecule has 1 aromatic carbocycles. The second kappa shape index (κ2) is 8.13. The Bertz CT molecular complexity index is 962. The minimum Gasteiger partial charge on any atom is -0.318 e. The number of hydrogen-bond donors (Lipinski definition) is 0. The molecule has 0 N–H and O–H groups in total. The summed E-state index contributed by atoms with van der Waals surface area (Å²) in [5, 5.41) is 1.82. The zero-order valence-corrected chi connectivity index (χ0v) is 18.0. The van der Waals surface area contributed by atoms with Crippen LogP contribution in [-0.2, 0) is 4.79 Å². The summed E-state index contributed by atoms with van der Waals surface area (Å²) < 4.78 is 2.11. The van der Waals surface area contributed by atoms with Crippen LogP contribution in [0.25, 0.3) is 11.8 Å². The third-order valence-corrected chi connectivity index (χ3v) is 6.20. The number of carbonyl (C=O) groups excluding carboxylic acids is 1. The number of amides is 1. The van der Waals surface area contributed by atoms with Crippen LogP contribution in [0.5, 0.6) is 0 Å². The maximum Gasteiger partial charge on any atom is 0.266 e. The lowest BCUT2D eigenvalue weighted by Crippen LogP contribution is -2.28. The topological polar surface area (TPSA) is 37.6 Å². The third kappa shape index (κ3) is 3.82.